The molecule has 0 saturated heterocycles. The van der Waals surface area contributed by atoms with Crippen LogP contribution in [0.1, 0.15) is 6.42 Å². The van der Waals surface area contributed by atoms with Crippen LogP contribution in [-0.2, 0) is 10.1 Å². The summed E-state index contributed by atoms with van der Waals surface area (Å²) in [5.74, 6) is -0.232. The molecule has 0 heterocycles. The van der Waals surface area contributed by atoms with E-state index in [4.69, 9.17) is 4.55 Å². The summed E-state index contributed by atoms with van der Waals surface area (Å²) in [6, 6.07) is 0. The van der Waals surface area contributed by atoms with E-state index in [1.54, 1.807) is 6.08 Å². The molecule has 0 bridgehead atoms. The van der Waals surface area contributed by atoms with Gasteiger partial charge in [0.15, 0.2) is 0 Å². The summed E-state index contributed by atoms with van der Waals surface area (Å²) < 4.78 is 28.6. The van der Waals surface area contributed by atoms with Gasteiger partial charge in [-0.2, -0.15) is 8.42 Å². The molecule has 0 aromatic carbocycles. The van der Waals surface area contributed by atoms with Crippen molar-refractivity contribution in [1.82, 2.24) is 5.32 Å². The third-order valence-corrected chi connectivity index (χ3v) is 1.78. The topological polar surface area (TPSA) is 66.4 Å². The van der Waals surface area contributed by atoms with E-state index in [1.807, 2.05) is 0 Å². The fraction of sp³-hybridized carbons (Fsp3) is 0.667. The van der Waals surface area contributed by atoms with Crippen LogP contribution in [-0.4, -0.2) is 61.4 Å². The third kappa shape index (κ3) is 13.2. The van der Waals surface area contributed by atoms with Gasteiger partial charge in [-0.1, -0.05) is 6.08 Å². The van der Waals surface area contributed by atoms with Crippen molar-refractivity contribution in [3.63, 3.8) is 0 Å². The minimum absolute atomic E-state index is 0. The van der Waals surface area contributed by atoms with Crippen LogP contribution < -0.4 is 5.32 Å². The smallest absolute Gasteiger partial charge is 0.266 e. The normalized spacial score (nSPS) is 10.4. The molecular formula is C6H13NNaO3S. The van der Waals surface area contributed by atoms with Crippen LogP contribution in [0.15, 0.2) is 12.7 Å². The fourth-order valence-electron chi connectivity index (χ4n) is 0.530. The van der Waals surface area contributed by atoms with Crippen LogP contribution >= 0.6 is 0 Å². The molecule has 0 saturated carbocycles. The SMILES string of the molecule is C=CCCNCCS(=O)(=O)O.[Na]. The van der Waals surface area contributed by atoms with Gasteiger partial charge < -0.3 is 5.32 Å². The minimum atomic E-state index is -3.80. The zero-order chi connectivity index (χ0) is 8.74. The van der Waals surface area contributed by atoms with Crippen molar-refractivity contribution in [2.24, 2.45) is 0 Å². The molecule has 6 heteroatoms. The Kier molecular flexibility index (Phi) is 10.3. The van der Waals surface area contributed by atoms with E-state index >= 15 is 0 Å². The standard InChI is InChI=1S/C6H13NO3S.Na/c1-2-3-4-7-5-6-11(8,9)10;/h2,7H,1,3-6H2,(H,8,9,10);. The van der Waals surface area contributed by atoms with Crippen molar-refractivity contribution in [2.75, 3.05) is 18.8 Å². The van der Waals surface area contributed by atoms with Crippen LogP contribution in [0.3, 0.4) is 0 Å². The van der Waals surface area contributed by atoms with Gasteiger partial charge in [-0.05, 0) is 13.0 Å². The van der Waals surface area contributed by atoms with Crippen molar-refractivity contribution in [3.05, 3.63) is 12.7 Å². The zero-order valence-electron chi connectivity index (χ0n) is 7.28. The Morgan fingerprint density at radius 3 is 2.42 bits per heavy atom. The van der Waals surface area contributed by atoms with Gasteiger partial charge in [-0.3, -0.25) is 4.55 Å². The van der Waals surface area contributed by atoms with E-state index < -0.39 is 10.1 Å². The molecular weight excluding hydrogens is 189 g/mol. The van der Waals surface area contributed by atoms with Crippen molar-refractivity contribution in [1.29, 1.82) is 0 Å². The zero-order valence-corrected chi connectivity index (χ0v) is 10.1. The fourth-order valence-corrected chi connectivity index (χ4v) is 0.933. The summed E-state index contributed by atoms with van der Waals surface area (Å²) in [6.07, 6.45) is 2.53. The van der Waals surface area contributed by atoms with Crippen LogP contribution in [0.4, 0.5) is 0 Å². The molecule has 0 aliphatic carbocycles. The van der Waals surface area contributed by atoms with Crippen molar-refractivity contribution in [2.45, 2.75) is 6.42 Å². The molecule has 0 fully saturated rings. The number of hydrogen-bond donors (Lipinski definition) is 2. The van der Waals surface area contributed by atoms with Gasteiger partial charge in [-0.15, -0.1) is 6.58 Å². The first-order valence-corrected chi connectivity index (χ1v) is 4.94. The first-order valence-electron chi connectivity index (χ1n) is 3.33. The molecule has 4 nitrogen and oxygen atoms in total. The summed E-state index contributed by atoms with van der Waals surface area (Å²) in [5, 5.41) is 2.83. The van der Waals surface area contributed by atoms with Crippen LogP contribution in [0.25, 0.3) is 0 Å². The van der Waals surface area contributed by atoms with Gasteiger partial charge >= 0.3 is 0 Å². The molecule has 67 valence electrons. The molecule has 0 aromatic heterocycles. The van der Waals surface area contributed by atoms with Gasteiger partial charge in [0.2, 0.25) is 0 Å². The quantitative estimate of drug-likeness (QED) is 0.267. The maximum absolute atomic E-state index is 10.2. The molecule has 0 aliphatic heterocycles. The Bertz CT molecular complexity index is 203. The second-order valence-electron chi connectivity index (χ2n) is 2.11. The summed E-state index contributed by atoms with van der Waals surface area (Å²) in [4.78, 5) is 0. The Balaban J connectivity index is 0. The molecule has 2 N–H and O–H groups in total. The van der Waals surface area contributed by atoms with E-state index in [0.29, 0.717) is 6.54 Å². The van der Waals surface area contributed by atoms with Gasteiger partial charge in [0, 0.05) is 36.1 Å². The average Bonchev–Trinajstić information content (AvgIpc) is 1.85. The summed E-state index contributed by atoms with van der Waals surface area (Å²) in [7, 11) is -3.80. The molecule has 0 spiro atoms. The molecule has 0 rings (SSSR count). The average molecular weight is 202 g/mol. The van der Waals surface area contributed by atoms with Gasteiger partial charge in [0.25, 0.3) is 10.1 Å². The van der Waals surface area contributed by atoms with Crippen molar-refractivity contribution >= 4 is 39.7 Å². The molecule has 1 radical (unpaired) electrons. The van der Waals surface area contributed by atoms with Gasteiger partial charge in [0.05, 0.1) is 5.75 Å². The Labute approximate surface area is 95.5 Å². The second-order valence-corrected chi connectivity index (χ2v) is 3.69. The summed E-state index contributed by atoms with van der Waals surface area (Å²) in [6.45, 7) is 4.48. The Morgan fingerprint density at radius 1 is 1.42 bits per heavy atom. The predicted molar refractivity (Wildman–Crippen MR) is 49.9 cm³/mol. The van der Waals surface area contributed by atoms with Crippen LogP contribution in [0.5, 0.6) is 0 Å². The summed E-state index contributed by atoms with van der Waals surface area (Å²) in [5.41, 5.74) is 0. The molecule has 0 aliphatic rings. The largest absolute Gasteiger partial charge is 0.315 e. The van der Waals surface area contributed by atoms with E-state index in [2.05, 4.69) is 11.9 Å². The number of rotatable bonds is 6. The number of nitrogens with one attached hydrogen (secondary N) is 1. The van der Waals surface area contributed by atoms with Crippen LogP contribution in [0.2, 0.25) is 0 Å². The maximum Gasteiger partial charge on any atom is 0.266 e. The van der Waals surface area contributed by atoms with Crippen LogP contribution in [0, 0.1) is 0 Å². The molecule has 0 atom stereocenters. The maximum atomic E-state index is 10.2. The van der Waals surface area contributed by atoms with E-state index in [1.165, 1.54) is 0 Å². The molecule has 0 amide bonds. The molecule has 0 aromatic rings. The van der Waals surface area contributed by atoms with Gasteiger partial charge in [-0.25, -0.2) is 0 Å². The molecule has 0 unspecified atom stereocenters. The van der Waals surface area contributed by atoms with E-state index in [0.717, 1.165) is 6.42 Å². The van der Waals surface area contributed by atoms with Crippen molar-refractivity contribution < 1.29 is 13.0 Å². The number of hydrogen-bond acceptors (Lipinski definition) is 3. The van der Waals surface area contributed by atoms with Crippen molar-refractivity contribution in [3.8, 4) is 0 Å². The first-order chi connectivity index (χ1) is 5.06. The molecule has 12 heavy (non-hydrogen) atoms. The minimum Gasteiger partial charge on any atom is -0.315 e. The summed E-state index contributed by atoms with van der Waals surface area (Å²) >= 11 is 0. The van der Waals surface area contributed by atoms with E-state index in [-0.39, 0.29) is 41.9 Å². The monoisotopic (exact) mass is 202 g/mol. The Hall–Kier alpha value is 0.610. The second kappa shape index (κ2) is 8.22. The first kappa shape index (κ1) is 15.1. The predicted octanol–water partition coefficient (Wildman–Crippen LogP) is -0.341. The van der Waals surface area contributed by atoms with E-state index in [9.17, 15) is 8.42 Å². The van der Waals surface area contributed by atoms with Gasteiger partial charge in [0.1, 0.15) is 0 Å². The third-order valence-electron chi connectivity index (χ3n) is 1.06. The Morgan fingerprint density at radius 2 is 2.00 bits per heavy atom.